The quantitative estimate of drug-likeness (QED) is 0.881. The smallest absolute Gasteiger partial charge is 0.339 e. The predicted octanol–water partition coefficient (Wildman–Crippen LogP) is 2.45. The van der Waals surface area contributed by atoms with E-state index in [4.69, 9.17) is 14.3 Å². The van der Waals surface area contributed by atoms with Gasteiger partial charge in [-0.15, -0.1) is 0 Å². The number of rotatable bonds is 4. The summed E-state index contributed by atoms with van der Waals surface area (Å²) in [6, 6.07) is 4.84. The second-order valence-electron chi connectivity index (χ2n) is 3.93. The van der Waals surface area contributed by atoms with Crippen molar-refractivity contribution in [1.82, 2.24) is 4.98 Å². The minimum absolute atomic E-state index is 0.0731. The zero-order valence-electron chi connectivity index (χ0n) is 9.64. The summed E-state index contributed by atoms with van der Waals surface area (Å²) >= 11 is 0. The van der Waals surface area contributed by atoms with Crippen LogP contribution in [0.1, 0.15) is 30.1 Å². The molecule has 0 aliphatic rings. The molecule has 5 heteroatoms. The molecule has 0 saturated carbocycles. The lowest BCUT2D eigenvalue weighted by molar-refractivity contribution is 0.0524. The molecule has 2 rings (SSSR count). The standard InChI is InChI=1S/C12H13NO4/c1-7(2)16-6-10-13-9-5-3-4-8(12(14)15)11(9)17-10/h3-5,7H,6H2,1-2H3,(H,14,15). The zero-order valence-corrected chi connectivity index (χ0v) is 9.64. The first-order valence-electron chi connectivity index (χ1n) is 5.31. The van der Waals surface area contributed by atoms with Crippen molar-refractivity contribution in [3.05, 3.63) is 29.7 Å². The third kappa shape index (κ3) is 2.45. The molecule has 0 aliphatic carbocycles. The van der Waals surface area contributed by atoms with E-state index < -0.39 is 5.97 Å². The van der Waals surface area contributed by atoms with E-state index in [1.54, 1.807) is 12.1 Å². The number of ether oxygens (including phenoxy) is 1. The van der Waals surface area contributed by atoms with Crippen LogP contribution < -0.4 is 0 Å². The van der Waals surface area contributed by atoms with Gasteiger partial charge in [-0.2, -0.15) is 0 Å². The van der Waals surface area contributed by atoms with Crippen LogP contribution in [-0.2, 0) is 11.3 Å². The highest BCUT2D eigenvalue weighted by atomic mass is 16.5. The normalized spacial score (nSPS) is 11.2. The number of fused-ring (bicyclic) bond motifs is 1. The fourth-order valence-corrected chi connectivity index (χ4v) is 1.46. The van der Waals surface area contributed by atoms with Gasteiger partial charge in [-0.25, -0.2) is 9.78 Å². The van der Waals surface area contributed by atoms with Gasteiger partial charge in [0.1, 0.15) is 17.7 Å². The number of hydrogen-bond donors (Lipinski definition) is 1. The molecule has 2 aromatic rings. The second kappa shape index (κ2) is 4.55. The minimum atomic E-state index is -1.02. The lowest BCUT2D eigenvalue weighted by Gasteiger charge is -2.03. The Balaban J connectivity index is 2.36. The lowest BCUT2D eigenvalue weighted by Crippen LogP contribution is -2.02. The van der Waals surface area contributed by atoms with E-state index >= 15 is 0 Å². The molecule has 0 radical (unpaired) electrons. The number of aromatic nitrogens is 1. The molecule has 0 bridgehead atoms. The Morgan fingerprint density at radius 2 is 2.29 bits per heavy atom. The van der Waals surface area contributed by atoms with Gasteiger partial charge in [0.15, 0.2) is 5.58 Å². The van der Waals surface area contributed by atoms with Crippen LogP contribution in [0, 0.1) is 0 Å². The molecule has 17 heavy (non-hydrogen) atoms. The number of carboxylic acids is 1. The summed E-state index contributed by atoms with van der Waals surface area (Å²) in [5.41, 5.74) is 0.945. The first kappa shape index (κ1) is 11.6. The van der Waals surface area contributed by atoms with E-state index in [1.165, 1.54) is 6.07 Å². The van der Waals surface area contributed by atoms with Crippen LogP contribution in [-0.4, -0.2) is 22.2 Å². The van der Waals surface area contributed by atoms with E-state index in [0.717, 1.165) is 0 Å². The zero-order chi connectivity index (χ0) is 12.4. The van der Waals surface area contributed by atoms with Crippen LogP contribution in [0.4, 0.5) is 0 Å². The lowest BCUT2D eigenvalue weighted by atomic mass is 10.2. The first-order chi connectivity index (χ1) is 8.08. The molecule has 1 aromatic carbocycles. The van der Waals surface area contributed by atoms with E-state index in [9.17, 15) is 4.79 Å². The predicted molar refractivity (Wildman–Crippen MR) is 60.9 cm³/mol. The Morgan fingerprint density at radius 1 is 1.53 bits per heavy atom. The van der Waals surface area contributed by atoms with Crippen molar-refractivity contribution in [2.45, 2.75) is 26.6 Å². The van der Waals surface area contributed by atoms with E-state index in [2.05, 4.69) is 4.98 Å². The molecular formula is C12H13NO4. The Hall–Kier alpha value is -1.88. The van der Waals surface area contributed by atoms with Gasteiger partial charge in [0.05, 0.1) is 6.10 Å². The molecule has 1 heterocycles. The SMILES string of the molecule is CC(C)OCc1nc2cccc(C(=O)O)c2o1. The summed E-state index contributed by atoms with van der Waals surface area (Å²) in [5.74, 6) is -0.634. The van der Waals surface area contributed by atoms with Crippen LogP contribution in [0.15, 0.2) is 22.6 Å². The van der Waals surface area contributed by atoms with Gasteiger partial charge in [0.2, 0.25) is 5.89 Å². The number of benzene rings is 1. The van der Waals surface area contributed by atoms with Gasteiger partial charge >= 0.3 is 5.97 Å². The van der Waals surface area contributed by atoms with Gasteiger partial charge in [0, 0.05) is 0 Å². The molecule has 0 atom stereocenters. The van der Waals surface area contributed by atoms with Gasteiger partial charge in [-0.1, -0.05) is 6.07 Å². The highest BCUT2D eigenvalue weighted by Crippen LogP contribution is 2.20. The summed E-state index contributed by atoms with van der Waals surface area (Å²) in [6.07, 6.45) is 0.0731. The van der Waals surface area contributed by atoms with E-state index in [0.29, 0.717) is 17.0 Å². The van der Waals surface area contributed by atoms with Gasteiger partial charge in [0.25, 0.3) is 0 Å². The van der Waals surface area contributed by atoms with Crippen molar-refractivity contribution >= 4 is 17.1 Å². The fraction of sp³-hybridized carbons (Fsp3) is 0.333. The van der Waals surface area contributed by atoms with Gasteiger partial charge < -0.3 is 14.3 Å². The van der Waals surface area contributed by atoms with Gasteiger partial charge in [-0.3, -0.25) is 0 Å². The summed E-state index contributed by atoms with van der Waals surface area (Å²) in [4.78, 5) is 15.1. The Labute approximate surface area is 98.0 Å². The number of nitrogens with zero attached hydrogens (tertiary/aromatic N) is 1. The fourth-order valence-electron chi connectivity index (χ4n) is 1.46. The largest absolute Gasteiger partial charge is 0.478 e. The molecule has 90 valence electrons. The topological polar surface area (TPSA) is 72.6 Å². The summed E-state index contributed by atoms with van der Waals surface area (Å²) in [6.45, 7) is 4.06. The Bertz CT molecular complexity index is 544. The van der Waals surface area contributed by atoms with E-state index in [-0.39, 0.29) is 18.3 Å². The molecule has 1 N–H and O–H groups in total. The number of carbonyl (C=O) groups is 1. The average Bonchev–Trinajstić information content (AvgIpc) is 2.68. The van der Waals surface area contributed by atoms with Gasteiger partial charge in [-0.05, 0) is 26.0 Å². The molecule has 0 spiro atoms. The first-order valence-corrected chi connectivity index (χ1v) is 5.31. The second-order valence-corrected chi connectivity index (χ2v) is 3.93. The maximum atomic E-state index is 11.0. The number of aromatic carboxylic acids is 1. The monoisotopic (exact) mass is 235 g/mol. The third-order valence-electron chi connectivity index (χ3n) is 2.23. The summed E-state index contributed by atoms with van der Waals surface area (Å²) < 4.78 is 10.7. The maximum absolute atomic E-state index is 11.0. The Kier molecular flexibility index (Phi) is 3.10. The Morgan fingerprint density at radius 3 is 2.94 bits per heavy atom. The van der Waals surface area contributed by atoms with Crippen molar-refractivity contribution in [2.75, 3.05) is 0 Å². The minimum Gasteiger partial charge on any atom is -0.478 e. The molecule has 5 nitrogen and oxygen atoms in total. The number of oxazole rings is 1. The molecule has 0 aliphatic heterocycles. The molecule has 0 saturated heterocycles. The van der Waals surface area contributed by atoms with Crippen molar-refractivity contribution < 1.29 is 19.1 Å². The van der Waals surface area contributed by atoms with Crippen molar-refractivity contribution in [2.24, 2.45) is 0 Å². The number of para-hydroxylation sites is 1. The van der Waals surface area contributed by atoms with Crippen LogP contribution >= 0.6 is 0 Å². The van der Waals surface area contributed by atoms with Crippen LogP contribution in [0.3, 0.4) is 0 Å². The molecule has 0 amide bonds. The highest BCUT2D eigenvalue weighted by molar-refractivity contribution is 5.99. The van der Waals surface area contributed by atoms with Crippen LogP contribution in [0.25, 0.3) is 11.1 Å². The third-order valence-corrected chi connectivity index (χ3v) is 2.23. The molecule has 0 unspecified atom stereocenters. The summed E-state index contributed by atoms with van der Waals surface area (Å²) in [5, 5.41) is 8.99. The number of hydrogen-bond acceptors (Lipinski definition) is 4. The van der Waals surface area contributed by atoms with Crippen molar-refractivity contribution in [3.63, 3.8) is 0 Å². The van der Waals surface area contributed by atoms with E-state index in [1.807, 2.05) is 13.8 Å². The van der Waals surface area contributed by atoms with Crippen molar-refractivity contribution in [3.8, 4) is 0 Å². The summed E-state index contributed by atoms with van der Waals surface area (Å²) in [7, 11) is 0. The average molecular weight is 235 g/mol. The molecule has 0 fully saturated rings. The van der Waals surface area contributed by atoms with Crippen LogP contribution in [0.2, 0.25) is 0 Å². The van der Waals surface area contributed by atoms with Crippen molar-refractivity contribution in [1.29, 1.82) is 0 Å². The number of carboxylic acid groups (broad SMARTS) is 1. The molecule has 1 aromatic heterocycles. The van der Waals surface area contributed by atoms with Crippen LogP contribution in [0.5, 0.6) is 0 Å². The molecular weight excluding hydrogens is 222 g/mol. The maximum Gasteiger partial charge on any atom is 0.339 e. The highest BCUT2D eigenvalue weighted by Gasteiger charge is 2.14.